The fraction of sp³-hybridized carbons (Fsp3) is 0.169. The van der Waals surface area contributed by atoms with E-state index in [1.807, 2.05) is 0 Å². The summed E-state index contributed by atoms with van der Waals surface area (Å²) in [4.78, 5) is 0. The molecular weight excluding hydrogens is 942 g/mol. The molecule has 8 aromatic carbocycles. The first-order valence-electron chi connectivity index (χ1n) is 21.8. The molecule has 0 nitrogen and oxygen atoms in total. The van der Waals surface area contributed by atoms with E-state index in [0.29, 0.717) is 0 Å². The summed E-state index contributed by atoms with van der Waals surface area (Å²) >= 11 is 11.2. The summed E-state index contributed by atoms with van der Waals surface area (Å²) in [7, 11) is 0. The van der Waals surface area contributed by atoms with E-state index in [1.165, 1.54) is 80.7 Å². The van der Waals surface area contributed by atoms with Gasteiger partial charge in [0.2, 0.25) is 0 Å². The third-order valence-corrected chi connectivity index (χ3v) is 21.6. The minimum Gasteiger partial charge on any atom is -1.00 e. The summed E-state index contributed by atoms with van der Waals surface area (Å²) in [5, 5.41) is 6.24. The molecule has 0 saturated heterocycles. The molecular formula is C59H50Cl4Zr. The van der Waals surface area contributed by atoms with Crippen LogP contribution in [0.3, 0.4) is 0 Å². The number of benzene rings is 8. The van der Waals surface area contributed by atoms with E-state index in [9.17, 15) is 0 Å². The number of allylic oxidation sites excluding steroid dienone is 4. The molecule has 0 amide bonds. The van der Waals surface area contributed by atoms with Gasteiger partial charge in [-0.05, 0) is 0 Å². The standard InChI is InChI=1S/C33H33.C21H12Cl2.C5H5.2ClH.Zr/c1-32(2,3)30-20-26-24(18-28(30)22-13-9-7-10-14-22)17-25-19-29(23-15-11-8-12-16-23)31(21-27(25)26)33(4,5)6;22-18-10-14-5-1-3-7-20(14)16(12-18)9-17-13-19(23)11-15-6-2-4-8-21(15)17;1-2-4-5-3-1;;;/h7-21H,1-6H3;1-8,10-13H;1-3H,4H2;2*1H;/q;;;;;+2/p-2. The number of rotatable bonds is 6. The van der Waals surface area contributed by atoms with Crippen LogP contribution in [0.5, 0.6) is 0 Å². The summed E-state index contributed by atoms with van der Waals surface area (Å²) in [6.07, 6.45) is 8.07. The minimum absolute atomic E-state index is 0. The van der Waals surface area contributed by atoms with Crippen molar-refractivity contribution in [1.82, 2.24) is 0 Å². The fourth-order valence-electron chi connectivity index (χ4n) is 10.1. The van der Waals surface area contributed by atoms with Crippen molar-refractivity contribution in [3.63, 3.8) is 0 Å². The summed E-state index contributed by atoms with van der Waals surface area (Å²) < 4.78 is 3.15. The summed E-state index contributed by atoms with van der Waals surface area (Å²) in [5.41, 5.74) is 15.8. The van der Waals surface area contributed by atoms with Gasteiger partial charge in [0.05, 0.1) is 0 Å². The maximum Gasteiger partial charge on any atom is -1.00 e. The van der Waals surface area contributed by atoms with Crippen molar-refractivity contribution in [2.24, 2.45) is 0 Å². The molecule has 0 bridgehead atoms. The second-order valence-corrected chi connectivity index (χ2v) is 26.2. The van der Waals surface area contributed by atoms with Crippen LogP contribution >= 0.6 is 23.2 Å². The van der Waals surface area contributed by atoms with Crippen LogP contribution in [0.4, 0.5) is 0 Å². The minimum atomic E-state index is -3.34. The van der Waals surface area contributed by atoms with Crippen LogP contribution in [0.15, 0.2) is 179 Å². The summed E-state index contributed by atoms with van der Waals surface area (Å²) in [6, 6.07) is 58.9. The molecule has 0 aromatic heterocycles. The summed E-state index contributed by atoms with van der Waals surface area (Å²) in [6.45, 7) is 14.2. The Morgan fingerprint density at radius 2 is 0.922 bits per heavy atom. The molecule has 0 heterocycles. The Bertz CT molecular complexity index is 2990. The van der Waals surface area contributed by atoms with Crippen molar-refractivity contribution in [3.05, 3.63) is 223 Å². The van der Waals surface area contributed by atoms with Gasteiger partial charge in [0.25, 0.3) is 0 Å². The second-order valence-electron chi connectivity index (χ2n) is 19.1. The summed E-state index contributed by atoms with van der Waals surface area (Å²) in [5.74, 6) is 0. The normalized spacial score (nSPS) is 13.1. The first kappa shape index (κ1) is 46.2. The SMILES string of the molecule is CC(C)(C)c1cc2c(cc1-c1ccccc1)[CH]([Zr+2]([C]1=CC=CC1)=[C](c1cc(Cl)cc3ccccc13)c1cc(Cl)cc3ccccc13)c1cc(-c3ccccc3)c(C(C)(C)C)cc1-2.[Cl-].[Cl-]. The molecule has 0 saturated carbocycles. The van der Waals surface area contributed by atoms with Gasteiger partial charge in [0.15, 0.2) is 0 Å². The van der Waals surface area contributed by atoms with E-state index in [4.69, 9.17) is 23.2 Å². The average Bonchev–Trinajstić information content (AvgIpc) is 3.90. The monoisotopic (exact) mass is 988 g/mol. The van der Waals surface area contributed by atoms with Crippen LogP contribution in [-0.4, -0.2) is 3.21 Å². The molecule has 318 valence electrons. The number of hydrogen-bond donors (Lipinski definition) is 0. The van der Waals surface area contributed by atoms with Gasteiger partial charge in [-0.3, -0.25) is 0 Å². The van der Waals surface area contributed by atoms with Crippen molar-refractivity contribution in [3.8, 4) is 33.4 Å². The predicted octanol–water partition coefficient (Wildman–Crippen LogP) is 11.0. The largest absolute Gasteiger partial charge is 1.00 e. The molecule has 0 unspecified atom stereocenters. The van der Waals surface area contributed by atoms with Gasteiger partial charge in [0.1, 0.15) is 0 Å². The van der Waals surface area contributed by atoms with Crippen LogP contribution in [0, 0.1) is 0 Å². The number of halogens is 4. The Labute approximate surface area is 409 Å². The van der Waals surface area contributed by atoms with Gasteiger partial charge in [-0.25, -0.2) is 0 Å². The van der Waals surface area contributed by atoms with E-state index >= 15 is 0 Å². The predicted molar refractivity (Wildman–Crippen MR) is 265 cm³/mol. The second kappa shape index (κ2) is 18.2. The first-order valence-corrected chi connectivity index (χ1v) is 26.4. The quantitative estimate of drug-likeness (QED) is 0.156. The molecule has 64 heavy (non-hydrogen) atoms. The van der Waals surface area contributed by atoms with Crippen LogP contribution in [-0.2, 0) is 32.1 Å². The Hall–Kier alpha value is -4.33. The van der Waals surface area contributed by atoms with Crippen molar-refractivity contribution >= 4 is 48.0 Å². The van der Waals surface area contributed by atoms with Crippen molar-refractivity contribution in [2.45, 2.75) is 62.4 Å². The third kappa shape index (κ3) is 8.38. The number of hydrogen-bond acceptors (Lipinski definition) is 0. The zero-order chi connectivity index (χ0) is 42.9. The van der Waals surface area contributed by atoms with Crippen LogP contribution in [0.25, 0.3) is 54.9 Å². The Morgan fingerprint density at radius 1 is 0.500 bits per heavy atom. The van der Waals surface area contributed by atoms with Gasteiger partial charge in [0, 0.05) is 0 Å². The van der Waals surface area contributed by atoms with E-state index in [1.54, 1.807) is 3.28 Å². The Kier molecular flexibility index (Phi) is 13.1. The maximum absolute atomic E-state index is 7.24. The molecule has 0 fully saturated rings. The molecule has 0 aliphatic heterocycles. The van der Waals surface area contributed by atoms with Gasteiger partial charge in [-0.1, -0.05) is 0 Å². The molecule has 2 aliphatic carbocycles. The molecule has 0 atom stereocenters. The Morgan fingerprint density at radius 3 is 1.33 bits per heavy atom. The van der Waals surface area contributed by atoms with Gasteiger partial charge >= 0.3 is 388 Å². The van der Waals surface area contributed by atoms with E-state index in [-0.39, 0.29) is 39.3 Å². The van der Waals surface area contributed by atoms with E-state index < -0.39 is 21.3 Å². The van der Waals surface area contributed by atoms with Crippen LogP contribution in [0.2, 0.25) is 10.0 Å². The fourth-order valence-corrected chi connectivity index (χ4v) is 19.7. The average molecular weight is 992 g/mol. The van der Waals surface area contributed by atoms with Gasteiger partial charge in [-0.2, -0.15) is 0 Å². The molecule has 0 radical (unpaired) electrons. The Balaban J connectivity index is 0.00000280. The molecule has 0 spiro atoms. The van der Waals surface area contributed by atoms with E-state index in [0.717, 1.165) is 27.2 Å². The van der Waals surface area contributed by atoms with Crippen molar-refractivity contribution in [2.75, 3.05) is 0 Å². The molecule has 2 aliphatic rings. The van der Waals surface area contributed by atoms with Crippen LogP contribution < -0.4 is 24.8 Å². The first-order chi connectivity index (χ1) is 29.8. The topological polar surface area (TPSA) is 0 Å². The molecule has 0 N–H and O–H groups in total. The molecule has 5 heteroatoms. The van der Waals surface area contributed by atoms with Gasteiger partial charge < -0.3 is 24.8 Å². The van der Waals surface area contributed by atoms with E-state index in [2.05, 4.69) is 217 Å². The zero-order valence-corrected chi connectivity index (χ0v) is 42.5. The van der Waals surface area contributed by atoms with Crippen molar-refractivity contribution in [1.29, 1.82) is 0 Å². The zero-order valence-electron chi connectivity index (χ0n) is 37.0. The molecule has 8 aromatic rings. The van der Waals surface area contributed by atoms with Crippen molar-refractivity contribution < 1.29 is 46.1 Å². The smallest absolute Gasteiger partial charge is 1.00 e. The third-order valence-electron chi connectivity index (χ3n) is 12.9. The molecule has 10 rings (SSSR count). The number of fused-ring (bicyclic) bond motifs is 5. The van der Waals surface area contributed by atoms with Gasteiger partial charge in [-0.15, -0.1) is 0 Å². The maximum atomic E-state index is 7.24. The van der Waals surface area contributed by atoms with Crippen LogP contribution in [0.1, 0.15) is 85.0 Å².